The highest BCUT2D eigenvalue weighted by molar-refractivity contribution is 6.35. The van der Waals surface area contributed by atoms with Crippen LogP contribution in [0.5, 0.6) is 11.5 Å². The minimum absolute atomic E-state index is 0.475. The topological polar surface area (TPSA) is 89.0 Å². The van der Waals surface area contributed by atoms with Crippen LogP contribution in [0.4, 0.5) is 0 Å². The molecule has 2 amide bonds. The van der Waals surface area contributed by atoms with Gasteiger partial charge in [-0.2, -0.15) is 5.10 Å². The fourth-order valence-corrected chi connectivity index (χ4v) is 1.82. The van der Waals surface area contributed by atoms with Gasteiger partial charge in [-0.3, -0.25) is 9.59 Å². The molecular formula is C17H25N3O4. The van der Waals surface area contributed by atoms with E-state index in [1.54, 1.807) is 18.2 Å². The molecule has 2 N–H and O–H groups in total. The van der Waals surface area contributed by atoms with Crippen LogP contribution in [0.3, 0.4) is 0 Å². The van der Waals surface area contributed by atoms with Crippen LogP contribution in [0.2, 0.25) is 0 Å². The number of hydrazone groups is 1. The summed E-state index contributed by atoms with van der Waals surface area (Å²) in [6.07, 6.45) is 3.21. The maximum atomic E-state index is 11.6. The molecule has 0 aliphatic heterocycles. The van der Waals surface area contributed by atoms with Gasteiger partial charge in [-0.05, 0) is 44.0 Å². The van der Waals surface area contributed by atoms with E-state index < -0.39 is 11.8 Å². The number of hydrogen-bond donors (Lipinski definition) is 2. The zero-order chi connectivity index (χ0) is 17.8. The molecule has 7 nitrogen and oxygen atoms in total. The van der Waals surface area contributed by atoms with Crippen molar-refractivity contribution in [2.45, 2.75) is 33.6 Å². The molecule has 0 spiro atoms. The summed E-state index contributed by atoms with van der Waals surface area (Å²) in [5, 5.41) is 6.30. The summed E-state index contributed by atoms with van der Waals surface area (Å²) in [4.78, 5) is 23.0. The Labute approximate surface area is 142 Å². The number of carbonyl (C=O) groups excluding carboxylic acids is 2. The molecule has 7 heteroatoms. The Kier molecular flexibility index (Phi) is 8.96. The number of nitrogens with one attached hydrogen (secondary N) is 2. The van der Waals surface area contributed by atoms with Gasteiger partial charge in [-0.15, -0.1) is 0 Å². The molecule has 1 rings (SSSR count). The molecule has 0 heterocycles. The molecule has 0 saturated heterocycles. The number of unbranched alkanes of at least 4 members (excludes halogenated alkanes) is 1. The third kappa shape index (κ3) is 6.68. The van der Waals surface area contributed by atoms with E-state index in [0.717, 1.165) is 12.8 Å². The van der Waals surface area contributed by atoms with Crippen LogP contribution in [0.1, 0.15) is 39.2 Å². The van der Waals surface area contributed by atoms with Gasteiger partial charge >= 0.3 is 11.8 Å². The lowest BCUT2D eigenvalue weighted by Gasteiger charge is -2.11. The second kappa shape index (κ2) is 11.0. The van der Waals surface area contributed by atoms with Crippen LogP contribution in [0, 0.1) is 0 Å². The third-order valence-corrected chi connectivity index (χ3v) is 2.97. The van der Waals surface area contributed by atoms with Crippen molar-refractivity contribution in [1.82, 2.24) is 10.7 Å². The minimum atomic E-state index is -0.793. The lowest BCUT2D eigenvalue weighted by atomic mass is 10.2. The van der Waals surface area contributed by atoms with Crippen molar-refractivity contribution in [3.8, 4) is 11.5 Å². The van der Waals surface area contributed by atoms with Gasteiger partial charge in [0.1, 0.15) is 0 Å². The molecule has 0 radical (unpaired) electrons. The molecule has 1 aromatic rings. The number of rotatable bonds is 9. The molecule has 0 aliphatic carbocycles. The highest BCUT2D eigenvalue weighted by Crippen LogP contribution is 2.27. The molecule has 0 atom stereocenters. The van der Waals surface area contributed by atoms with Gasteiger partial charge in [-0.25, -0.2) is 5.43 Å². The molecule has 0 fully saturated rings. The van der Waals surface area contributed by atoms with Crippen LogP contribution in [-0.2, 0) is 9.59 Å². The van der Waals surface area contributed by atoms with E-state index >= 15 is 0 Å². The zero-order valence-electron chi connectivity index (χ0n) is 14.4. The van der Waals surface area contributed by atoms with Gasteiger partial charge in [0.15, 0.2) is 11.5 Å². The van der Waals surface area contributed by atoms with Crippen molar-refractivity contribution in [2.24, 2.45) is 5.10 Å². The van der Waals surface area contributed by atoms with Gasteiger partial charge in [0.05, 0.1) is 19.4 Å². The Bertz CT molecular complexity index is 573. The normalized spacial score (nSPS) is 10.5. The lowest BCUT2D eigenvalue weighted by Crippen LogP contribution is -2.38. The Morgan fingerprint density at radius 3 is 2.46 bits per heavy atom. The number of amides is 2. The molecule has 132 valence electrons. The van der Waals surface area contributed by atoms with Crippen molar-refractivity contribution < 1.29 is 19.1 Å². The number of nitrogens with zero attached hydrogens (tertiary/aromatic N) is 1. The lowest BCUT2D eigenvalue weighted by molar-refractivity contribution is -0.139. The van der Waals surface area contributed by atoms with Crippen LogP contribution in [0.25, 0.3) is 0 Å². The van der Waals surface area contributed by atoms with E-state index in [-0.39, 0.29) is 0 Å². The average Bonchev–Trinajstić information content (AvgIpc) is 2.57. The molecule has 0 bridgehead atoms. The van der Waals surface area contributed by atoms with E-state index in [1.807, 2.05) is 20.8 Å². The average molecular weight is 335 g/mol. The van der Waals surface area contributed by atoms with Gasteiger partial charge in [0.25, 0.3) is 0 Å². The third-order valence-electron chi connectivity index (χ3n) is 2.97. The molecule has 0 aliphatic rings. The largest absolute Gasteiger partial charge is 0.490 e. The molecule has 0 saturated carbocycles. The van der Waals surface area contributed by atoms with E-state index in [9.17, 15) is 9.59 Å². The van der Waals surface area contributed by atoms with E-state index in [2.05, 4.69) is 15.8 Å². The SMILES string of the molecule is CCCCNC(=O)C(=O)N/N=C\c1ccc(OCC)c(OCC)c1. The van der Waals surface area contributed by atoms with Crippen LogP contribution in [-0.4, -0.2) is 37.8 Å². The fourth-order valence-electron chi connectivity index (χ4n) is 1.82. The predicted octanol–water partition coefficient (Wildman–Crippen LogP) is 1.85. The van der Waals surface area contributed by atoms with Crippen molar-refractivity contribution in [3.05, 3.63) is 23.8 Å². The number of benzene rings is 1. The highest BCUT2D eigenvalue weighted by atomic mass is 16.5. The minimum Gasteiger partial charge on any atom is -0.490 e. The maximum absolute atomic E-state index is 11.6. The van der Waals surface area contributed by atoms with Crippen molar-refractivity contribution in [2.75, 3.05) is 19.8 Å². The molecule has 1 aromatic carbocycles. The summed E-state index contributed by atoms with van der Waals surface area (Å²) in [6.45, 7) is 7.30. The smallest absolute Gasteiger partial charge is 0.329 e. The van der Waals surface area contributed by atoms with Crippen molar-refractivity contribution in [3.63, 3.8) is 0 Å². The van der Waals surface area contributed by atoms with Crippen LogP contribution in [0.15, 0.2) is 23.3 Å². The highest BCUT2D eigenvalue weighted by Gasteiger charge is 2.11. The summed E-state index contributed by atoms with van der Waals surface area (Å²) in [7, 11) is 0. The zero-order valence-corrected chi connectivity index (χ0v) is 14.4. The molecule has 0 unspecified atom stereocenters. The van der Waals surface area contributed by atoms with Gasteiger partial charge in [0.2, 0.25) is 0 Å². The first-order valence-corrected chi connectivity index (χ1v) is 8.13. The van der Waals surface area contributed by atoms with Gasteiger partial charge in [-0.1, -0.05) is 13.3 Å². The van der Waals surface area contributed by atoms with Crippen LogP contribution >= 0.6 is 0 Å². The van der Waals surface area contributed by atoms with Crippen molar-refractivity contribution >= 4 is 18.0 Å². The second-order valence-corrected chi connectivity index (χ2v) is 4.88. The first-order valence-electron chi connectivity index (χ1n) is 8.13. The first kappa shape index (κ1) is 19.5. The number of hydrogen-bond acceptors (Lipinski definition) is 5. The summed E-state index contributed by atoms with van der Waals surface area (Å²) < 4.78 is 11.0. The quantitative estimate of drug-likeness (QED) is 0.312. The monoisotopic (exact) mass is 335 g/mol. The summed E-state index contributed by atoms with van der Waals surface area (Å²) in [5.41, 5.74) is 2.91. The summed E-state index contributed by atoms with van der Waals surface area (Å²) in [6, 6.07) is 5.31. The fraction of sp³-hybridized carbons (Fsp3) is 0.471. The Hall–Kier alpha value is -2.57. The predicted molar refractivity (Wildman–Crippen MR) is 92.4 cm³/mol. The standard InChI is InChI=1S/C17H25N3O4/c1-4-7-10-18-16(21)17(22)20-19-12-13-8-9-14(23-5-2)15(11-13)24-6-3/h8-9,11-12H,4-7,10H2,1-3H3,(H,18,21)(H,20,22)/b19-12-. The van der Waals surface area contributed by atoms with Crippen molar-refractivity contribution in [1.29, 1.82) is 0 Å². The van der Waals surface area contributed by atoms with E-state index in [0.29, 0.717) is 36.8 Å². The summed E-state index contributed by atoms with van der Waals surface area (Å²) in [5.74, 6) is -0.233. The Balaban J connectivity index is 2.61. The summed E-state index contributed by atoms with van der Waals surface area (Å²) >= 11 is 0. The first-order chi connectivity index (χ1) is 11.6. The maximum Gasteiger partial charge on any atom is 0.329 e. The molecule has 24 heavy (non-hydrogen) atoms. The van der Waals surface area contributed by atoms with Gasteiger partial charge in [0, 0.05) is 6.54 Å². The van der Waals surface area contributed by atoms with E-state index in [4.69, 9.17) is 9.47 Å². The Morgan fingerprint density at radius 2 is 1.79 bits per heavy atom. The number of carbonyl (C=O) groups is 2. The molecular weight excluding hydrogens is 310 g/mol. The van der Waals surface area contributed by atoms with Gasteiger partial charge < -0.3 is 14.8 Å². The van der Waals surface area contributed by atoms with Crippen LogP contribution < -0.4 is 20.2 Å². The van der Waals surface area contributed by atoms with E-state index in [1.165, 1.54) is 6.21 Å². The number of ether oxygens (including phenoxy) is 2. The second-order valence-electron chi connectivity index (χ2n) is 4.88. The molecule has 0 aromatic heterocycles. The Morgan fingerprint density at radius 1 is 1.08 bits per heavy atom.